The number of carboxylic acid groups (broad SMARTS) is 1. The summed E-state index contributed by atoms with van der Waals surface area (Å²) in [5.41, 5.74) is 1.33. The molecule has 100 valence electrons. The van der Waals surface area contributed by atoms with Gasteiger partial charge in [0, 0.05) is 24.5 Å². The van der Waals surface area contributed by atoms with E-state index in [0.717, 1.165) is 10.9 Å². The first-order chi connectivity index (χ1) is 9.65. The maximum absolute atomic E-state index is 13.3. The third-order valence-electron chi connectivity index (χ3n) is 3.17. The summed E-state index contributed by atoms with van der Waals surface area (Å²) >= 11 is 0. The fourth-order valence-electron chi connectivity index (χ4n) is 2.24. The van der Waals surface area contributed by atoms with Gasteiger partial charge < -0.3 is 9.67 Å². The Balaban J connectivity index is 2.06. The normalized spacial score (nSPS) is 10.8. The van der Waals surface area contributed by atoms with Crippen molar-refractivity contribution in [1.82, 2.24) is 9.55 Å². The van der Waals surface area contributed by atoms with Gasteiger partial charge in [-0.05, 0) is 35.7 Å². The molecule has 0 fully saturated rings. The van der Waals surface area contributed by atoms with Gasteiger partial charge in [-0.3, -0.25) is 0 Å². The van der Waals surface area contributed by atoms with Crippen molar-refractivity contribution in [2.75, 3.05) is 0 Å². The lowest BCUT2D eigenvalue weighted by atomic mass is 10.2. The number of carbonyl (C=O) groups is 1. The molecule has 0 bridgehead atoms. The Hall–Kier alpha value is -2.69. The molecule has 0 spiro atoms. The van der Waals surface area contributed by atoms with Crippen LogP contribution in [0, 0.1) is 5.82 Å². The van der Waals surface area contributed by atoms with Gasteiger partial charge in [-0.2, -0.15) is 0 Å². The van der Waals surface area contributed by atoms with Crippen molar-refractivity contribution in [2.24, 2.45) is 0 Å². The molecule has 0 radical (unpaired) electrons. The van der Waals surface area contributed by atoms with E-state index in [1.54, 1.807) is 18.2 Å². The van der Waals surface area contributed by atoms with Crippen LogP contribution in [-0.4, -0.2) is 20.6 Å². The first-order valence-electron chi connectivity index (χ1n) is 6.07. The van der Waals surface area contributed by atoms with Crippen molar-refractivity contribution >= 4 is 16.9 Å². The SMILES string of the molecule is O=C(O)c1ncccc1Cn1ccc2ccc(F)cc21. The average Bonchev–Trinajstić information content (AvgIpc) is 2.82. The molecule has 0 amide bonds. The lowest BCUT2D eigenvalue weighted by molar-refractivity contribution is 0.0689. The number of carboxylic acids is 1. The van der Waals surface area contributed by atoms with Crippen molar-refractivity contribution in [3.05, 3.63) is 65.9 Å². The Labute approximate surface area is 114 Å². The molecular weight excluding hydrogens is 259 g/mol. The molecule has 1 aromatic carbocycles. The molecule has 0 saturated carbocycles. The minimum Gasteiger partial charge on any atom is -0.477 e. The molecule has 0 aliphatic heterocycles. The quantitative estimate of drug-likeness (QED) is 0.796. The second kappa shape index (κ2) is 4.77. The Morgan fingerprint density at radius 1 is 1.30 bits per heavy atom. The summed E-state index contributed by atoms with van der Waals surface area (Å²) in [5.74, 6) is -1.38. The van der Waals surface area contributed by atoms with Crippen LogP contribution in [0.3, 0.4) is 0 Å². The number of pyridine rings is 1. The molecule has 0 aliphatic rings. The number of rotatable bonds is 3. The van der Waals surface area contributed by atoms with Crippen LogP contribution in [0.1, 0.15) is 16.1 Å². The number of hydrogen-bond acceptors (Lipinski definition) is 2. The lowest BCUT2D eigenvalue weighted by Gasteiger charge is -2.08. The molecule has 1 N–H and O–H groups in total. The second-order valence-corrected chi connectivity index (χ2v) is 4.46. The van der Waals surface area contributed by atoms with Gasteiger partial charge in [-0.25, -0.2) is 14.2 Å². The van der Waals surface area contributed by atoms with Crippen molar-refractivity contribution in [1.29, 1.82) is 0 Å². The van der Waals surface area contributed by atoms with Crippen molar-refractivity contribution in [3.8, 4) is 0 Å². The Bertz CT molecular complexity index is 795. The van der Waals surface area contributed by atoms with Gasteiger partial charge in [0.25, 0.3) is 0 Å². The van der Waals surface area contributed by atoms with E-state index in [4.69, 9.17) is 5.11 Å². The summed E-state index contributed by atoms with van der Waals surface area (Å²) in [4.78, 5) is 15.0. The van der Waals surface area contributed by atoms with Crippen molar-refractivity contribution in [2.45, 2.75) is 6.54 Å². The molecule has 20 heavy (non-hydrogen) atoms. The highest BCUT2D eigenvalue weighted by atomic mass is 19.1. The predicted molar refractivity (Wildman–Crippen MR) is 72.2 cm³/mol. The fraction of sp³-hybridized carbons (Fsp3) is 0.0667. The highest BCUT2D eigenvalue weighted by Gasteiger charge is 2.12. The molecule has 2 heterocycles. The topological polar surface area (TPSA) is 55.1 Å². The first-order valence-corrected chi connectivity index (χ1v) is 6.07. The van der Waals surface area contributed by atoms with Crippen LogP contribution in [0.15, 0.2) is 48.8 Å². The van der Waals surface area contributed by atoms with Gasteiger partial charge in [0.05, 0.1) is 5.52 Å². The van der Waals surface area contributed by atoms with Crippen LogP contribution in [0.4, 0.5) is 4.39 Å². The van der Waals surface area contributed by atoms with E-state index in [0.29, 0.717) is 12.1 Å². The van der Waals surface area contributed by atoms with Gasteiger partial charge >= 0.3 is 5.97 Å². The third kappa shape index (κ3) is 2.14. The minimum absolute atomic E-state index is 0.0192. The summed E-state index contributed by atoms with van der Waals surface area (Å²) in [6, 6.07) is 9.80. The van der Waals surface area contributed by atoms with E-state index in [1.807, 2.05) is 16.8 Å². The van der Waals surface area contributed by atoms with Crippen LogP contribution in [0.25, 0.3) is 10.9 Å². The maximum Gasteiger partial charge on any atom is 0.354 e. The number of aromatic carboxylic acids is 1. The Morgan fingerprint density at radius 3 is 2.95 bits per heavy atom. The number of hydrogen-bond donors (Lipinski definition) is 1. The molecule has 3 aromatic rings. The van der Waals surface area contributed by atoms with Gasteiger partial charge in [0.15, 0.2) is 5.69 Å². The van der Waals surface area contributed by atoms with Gasteiger partial charge in [0.1, 0.15) is 5.82 Å². The molecule has 5 heteroatoms. The van der Waals surface area contributed by atoms with E-state index in [-0.39, 0.29) is 11.5 Å². The smallest absolute Gasteiger partial charge is 0.354 e. The lowest BCUT2D eigenvalue weighted by Crippen LogP contribution is -2.08. The van der Waals surface area contributed by atoms with E-state index >= 15 is 0 Å². The first kappa shape index (κ1) is 12.3. The number of nitrogens with zero attached hydrogens (tertiary/aromatic N) is 2. The summed E-state index contributed by atoms with van der Waals surface area (Å²) in [6.45, 7) is 0.336. The predicted octanol–water partition coefficient (Wildman–Crippen LogP) is 2.92. The maximum atomic E-state index is 13.3. The zero-order valence-corrected chi connectivity index (χ0v) is 10.5. The van der Waals surface area contributed by atoms with Crippen molar-refractivity contribution < 1.29 is 14.3 Å². The summed E-state index contributed by atoms with van der Waals surface area (Å²) in [7, 11) is 0. The third-order valence-corrected chi connectivity index (χ3v) is 3.17. The molecular formula is C15H11FN2O2. The molecule has 0 unspecified atom stereocenters. The van der Waals surface area contributed by atoms with Crippen LogP contribution in [0.5, 0.6) is 0 Å². The van der Waals surface area contributed by atoms with Crippen LogP contribution in [-0.2, 0) is 6.54 Å². The highest BCUT2D eigenvalue weighted by Crippen LogP contribution is 2.19. The van der Waals surface area contributed by atoms with Crippen molar-refractivity contribution in [3.63, 3.8) is 0 Å². The average molecular weight is 270 g/mol. The monoisotopic (exact) mass is 270 g/mol. The van der Waals surface area contributed by atoms with E-state index in [1.165, 1.54) is 18.3 Å². The zero-order valence-electron chi connectivity index (χ0n) is 10.5. The molecule has 2 aromatic heterocycles. The largest absolute Gasteiger partial charge is 0.477 e. The fourth-order valence-corrected chi connectivity index (χ4v) is 2.24. The molecule has 0 saturated heterocycles. The highest BCUT2D eigenvalue weighted by molar-refractivity contribution is 5.87. The molecule has 0 aliphatic carbocycles. The molecule has 0 atom stereocenters. The standard InChI is InChI=1S/C15H11FN2O2/c16-12-4-3-10-5-7-18(13(10)8-12)9-11-2-1-6-17-14(11)15(19)20/h1-8H,9H2,(H,19,20). The minimum atomic E-state index is -1.07. The number of benzene rings is 1. The summed E-state index contributed by atoms with van der Waals surface area (Å²) < 4.78 is 15.1. The van der Waals surface area contributed by atoms with E-state index in [2.05, 4.69) is 4.98 Å². The molecule has 3 rings (SSSR count). The second-order valence-electron chi connectivity index (χ2n) is 4.46. The van der Waals surface area contributed by atoms with Gasteiger partial charge in [-0.1, -0.05) is 6.07 Å². The van der Waals surface area contributed by atoms with Crippen LogP contribution < -0.4 is 0 Å². The molecule has 4 nitrogen and oxygen atoms in total. The summed E-state index contributed by atoms with van der Waals surface area (Å²) in [6.07, 6.45) is 3.25. The number of halogens is 1. The Kier molecular flexibility index (Phi) is 2.95. The number of aromatic nitrogens is 2. The van der Waals surface area contributed by atoms with Gasteiger partial charge in [-0.15, -0.1) is 0 Å². The van der Waals surface area contributed by atoms with Crippen LogP contribution >= 0.6 is 0 Å². The number of fused-ring (bicyclic) bond motifs is 1. The van der Waals surface area contributed by atoms with Gasteiger partial charge in [0.2, 0.25) is 0 Å². The van der Waals surface area contributed by atoms with Crippen LogP contribution in [0.2, 0.25) is 0 Å². The summed E-state index contributed by atoms with van der Waals surface area (Å²) in [5, 5.41) is 10.0. The van der Waals surface area contributed by atoms with E-state index < -0.39 is 5.97 Å². The van der Waals surface area contributed by atoms with E-state index in [9.17, 15) is 9.18 Å². The zero-order chi connectivity index (χ0) is 14.1. The Morgan fingerprint density at radius 2 is 2.15 bits per heavy atom.